The highest BCUT2D eigenvalue weighted by Gasteiger charge is 2.15. The lowest BCUT2D eigenvalue weighted by Gasteiger charge is -2.18. The molecular weight excluding hydrogens is 198 g/mol. The molecule has 0 fully saturated rings. The normalized spacial score (nSPS) is 15.0. The average molecular weight is 223 g/mol. The Balaban J connectivity index is 2.45. The molecule has 92 valence electrons. The molecule has 0 bridgehead atoms. The molecule has 16 heavy (non-hydrogen) atoms. The summed E-state index contributed by atoms with van der Waals surface area (Å²) in [5.41, 5.74) is 6.16. The lowest BCUT2D eigenvalue weighted by molar-refractivity contribution is 0.351. The highest BCUT2D eigenvalue weighted by atomic mass is 16.3. The molecule has 2 atom stereocenters. The van der Waals surface area contributed by atoms with Crippen LogP contribution in [0.15, 0.2) is 16.5 Å². The third-order valence-electron chi connectivity index (χ3n) is 3.26. The first-order chi connectivity index (χ1) is 7.67. The molecule has 0 radical (unpaired) electrons. The van der Waals surface area contributed by atoms with Gasteiger partial charge in [-0.2, -0.15) is 0 Å². The van der Waals surface area contributed by atoms with Gasteiger partial charge in [-0.25, -0.2) is 0 Å². The van der Waals surface area contributed by atoms with Crippen molar-refractivity contribution >= 4 is 0 Å². The van der Waals surface area contributed by atoms with Crippen LogP contribution in [0.25, 0.3) is 0 Å². The monoisotopic (exact) mass is 223 g/mol. The fraction of sp³-hybridized carbons (Fsp3) is 0.714. The van der Waals surface area contributed by atoms with E-state index in [0.717, 1.165) is 23.9 Å². The van der Waals surface area contributed by atoms with Crippen molar-refractivity contribution < 1.29 is 4.42 Å². The van der Waals surface area contributed by atoms with Crippen molar-refractivity contribution in [3.05, 3.63) is 23.7 Å². The SMILES string of the molecule is CCCCC(CC)CC(N)c1ccc(C)o1. The number of hydrogen-bond donors (Lipinski definition) is 1. The topological polar surface area (TPSA) is 39.2 Å². The Hall–Kier alpha value is -0.760. The van der Waals surface area contributed by atoms with Crippen LogP contribution < -0.4 is 5.73 Å². The van der Waals surface area contributed by atoms with Crippen LogP contribution >= 0.6 is 0 Å². The second-order valence-electron chi connectivity index (χ2n) is 4.71. The molecule has 2 unspecified atom stereocenters. The number of rotatable bonds is 7. The van der Waals surface area contributed by atoms with Gasteiger partial charge < -0.3 is 10.2 Å². The van der Waals surface area contributed by atoms with Gasteiger partial charge in [-0.1, -0.05) is 39.5 Å². The molecule has 1 aromatic heterocycles. The van der Waals surface area contributed by atoms with Crippen LogP contribution in [0.5, 0.6) is 0 Å². The highest BCUT2D eigenvalue weighted by molar-refractivity contribution is 5.09. The van der Waals surface area contributed by atoms with E-state index in [1.807, 2.05) is 19.1 Å². The number of nitrogens with two attached hydrogens (primary N) is 1. The zero-order valence-corrected chi connectivity index (χ0v) is 10.8. The van der Waals surface area contributed by atoms with Crippen LogP contribution in [0, 0.1) is 12.8 Å². The molecular formula is C14H25NO. The molecule has 0 aromatic carbocycles. The molecule has 2 N–H and O–H groups in total. The minimum atomic E-state index is 0.0653. The number of unbranched alkanes of at least 4 members (excludes halogenated alkanes) is 1. The van der Waals surface area contributed by atoms with Gasteiger partial charge in [-0.3, -0.25) is 0 Å². The van der Waals surface area contributed by atoms with Crippen molar-refractivity contribution in [2.45, 2.75) is 58.9 Å². The van der Waals surface area contributed by atoms with Gasteiger partial charge >= 0.3 is 0 Å². The van der Waals surface area contributed by atoms with E-state index in [4.69, 9.17) is 10.2 Å². The summed E-state index contributed by atoms with van der Waals surface area (Å²) in [5, 5.41) is 0. The van der Waals surface area contributed by atoms with E-state index in [1.165, 1.54) is 25.7 Å². The Labute approximate surface area is 99.2 Å². The van der Waals surface area contributed by atoms with Crippen molar-refractivity contribution in [3.8, 4) is 0 Å². The van der Waals surface area contributed by atoms with Gasteiger partial charge in [0.15, 0.2) is 0 Å². The number of aryl methyl sites for hydroxylation is 1. The van der Waals surface area contributed by atoms with Crippen LogP contribution in [-0.4, -0.2) is 0 Å². The van der Waals surface area contributed by atoms with E-state index < -0.39 is 0 Å². The molecule has 0 saturated carbocycles. The van der Waals surface area contributed by atoms with E-state index in [2.05, 4.69) is 13.8 Å². The van der Waals surface area contributed by atoms with Gasteiger partial charge in [0.2, 0.25) is 0 Å². The van der Waals surface area contributed by atoms with E-state index in [1.54, 1.807) is 0 Å². The molecule has 0 aliphatic heterocycles. The number of furan rings is 1. The van der Waals surface area contributed by atoms with Gasteiger partial charge in [-0.15, -0.1) is 0 Å². The fourth-order valence-corrected chi connectivity index (χ4v) is 2.11. The Morgan fingerprint density at radius 1 is 1.31 bits per heavy atom. The van der Waals surface area contributed by atoms with Crippen molar-refractivity contribution in [3.63, 3.8) is 0 Å². The van der Waals surface area contributed by atoms with Gasteiger partial charge in [0.25, 0.3) is 0 Å². The molecule has 0 aliphatic carbocycles. The Kier molecular flexibility index (Phi) is 5.61. The smallest absolute Gasteiger partial charge is 0.120 e. The number of hydrogen-bond acceptors (Lipinski definition) is 2. The van der Waals surface area contributed by atoms with Crippen LogP contribution in [0.1, 0.15) is 63.5 Å². The second-order valence-corrected chi connectivity index (χ2v) is 4.71. The Bertz CT molecular complexity index is 293. The Morgan fingerprint density at radius 2 is 2.06 bits per heavy atom. The summed E-state index contributed by atoms with van der Waals surface area (Å²) >= 11 is 0. The predicted molar refractivity (Wildman–Crippen MR) is 68.3 cm³/mol. The molecule has 1 rings (SSSR count). The summed E-state index contributed by atoms with van der Waals surface area (Å²) in [4.78, 5) is 0. The standard InChI is InChI=1S/C14H25NO/c1-4-6-7-12(5-2)10-13(15)14-9-8-11(3)16-14/h8-9,12-13H,4-7,10,15H2,1-3H3. The molecule has 0 saturated heterocycles. The molecule has 0 aliphatic rings. The highest BCUT2D eigenvalue weighted by Crippen LogP contribution is 2.25. The zero-order chi connectivity index (χ0) is 12.0. The minimum absolute atomic E-state index is 0.0653. The first-order valence-corrected chi connectivity index (χ1v) is 6.49. The summed E-state index contributed by atoms with van der Waals surface area (Å²) in [6.07, 6.45) is 6.13. The third kappa shape index (κ3) is 4.01. The summed E-state index contributed by atoms with van der Waals surface area (Å²) in [7, 11) is 0. The van der Waals surface area contributed by atoms with Crippen LogP contribution in [0.4, 0.5) is 0 Å². The van der Waals surface area contributed by atoms with E-state index >= 15 is 0 Å². The maximum absolute atomic E-state index is 6.16. The lowest BCUT2D eigenvalue weighted by atomic mass is 9.91. The molecule has 2 heteroatoms. The molecule has 1 aromatic rings. The summed E-state index contributed by atoms with van der Waals surface area (Å²) < 4.78 is 5.57. The molecule has 0 spiro atoms. The fourth-order valence-electron chi connectivity index (χ4n) is 2.11. The first-order valence-electron chi connectivity index (χ1n) is 6.49. The summed E-state index contributed by atoms with van der Waals surface area (Å²) in [6.45, 7) is 6.45. The van der Waals surface area contributed by atoms with E-state index in [0.29, 0.717) is 0 Å². The van der Waals surface area contributed by atoms with Crippen LogP contribution in [0.2, 0.25) is 0 Å². The maximum Gasteiger partial charge on any atom is 0.120 e. The van der Waals surface area contributed by atoms with Crippen molar-refractivity contribution in [1.82, 2.24) is 0 Å². The van der Waals surface area contributed by atoms with Crippen LogP contribution in [-0.2, 0) is 0 Å². The van der Waals surface area contributed by atoms with Gasteiger partial charge in [-0.05, 0) is 31.4 Å². The maximum atomic E-state index is 6.16. The first kappa shape index (κ1) is 13.3. The summed E-state index contributed by atoms with van der Waals surface area (Å²) in [5.74, 6) is 2.62. The van der Waals surface area contributed by atoms with Gasteiger partial charge in [0, 0.05) is 0 Å². The second kappa shape index (κ2) is 6.74. The third-order valence-corrected chi connectivity index (χ3v) is 3.26. The van der Waals surface area contributed by atoms with Crippen LogP contribution in [0.3, 0.4) is 0 Å². The lowest BCUT2D eigenvalue weighted by Crippen LogP contribution is -2.14. The van der Waals surface area contributed by atoms with E-state index in [-0.39, 0.29) is 6.04 Å². The molecule has 1 heterocycles. The Morgan fingerprint density at radius 3 is 2.56 bits per heavy atom. The van der Waals surface area contributed by atoms with Crippen molar-refractivity contribution in [2.24, 2.45) is 11.7 Å². The van der Waals surface area contributed by atoms with Gasteiger partial charge in [0.1, 0.15) is 11.5 Å². The average Bonchev–Trinajstić information content (AvgIpc) is 2.70. The predicted octanol–water partition coefficient (Wildman–Crippen LogP) is 4.19. The zero-order valence-electron chi connectivity index (χ0n) is 10.8. The van der Waals surface area contributed by atoms with Gasteiger partial charge in [0.05, 0.1) is 6.04 Å². The largest absolute Gasteiger partial charge is 0.465 e. The molecule has 2 nitrogen and oxygen atoms in total. The van der Waals surface area contributed by atoms with E-state index in [9.17, 15) is 0 Å². The molecule has 0 amide bonds. The van der Waals surface area contributed by atoms with Crippen molar-refractivity contribution in [1.29, 1.82) is 0 Å². The quantitative estimate of drug-likeness (QED) is 0.752. The summed E-state index contributed by atoms with van der Waals surface area (Å²) in [6, 6.07) is 4.06. The van der Waals surface area contributed by atoms with Crippen molar-refractivity contribution in [2.75, 3.05) is 0 Å². The minimum Gasteiger partial charge on any atom is -0.465 e.